The van der Waals surface area contributed by atoms with Gasteiger partial charge in [-0.2, -0.15) is 0 Å². The van der Waals surface area contributed by atoms with E-state index in [2.05, 4.69) is 5.32 Å². The third-order valence-electron chi connectivity index (χ3n) is 3.00. The van der Waals surface area contributed by atoms with Crippen molar-refractivity contribution in [1.82, 2.24) is 0 Å². The zero-order chi connectivity index (χ0) is 14.8. The summed E-state index contributed by atoms with van der Waals surface area (Å²) in [6, 6.07) is 8.92. The lowest BCUT2D eigenvalue weighted by Gasteiger charge is -2.19. The molecular weight excluding hydrogens is 297 g/mol. The largest absolute Gasteiger partial charge is 0.486 e. The van der Waals surface area contributed by atoms with Gasteiger partial charge in [0, 0.05) is 6.07 Å². The summed E-state index contributed by atoms with van der Waals surface area (Å²) < 4.78 is 24.3. The summed E-state index contributed by atoms with van der Waals surface area (Å²) in [5.74, 6) is -0.0837. The number of benzene rings is 2. The standard InChI is InChI=1S/C15H11ClFNO3/c16-10-8-14-13(20-5-6-21-14)7-9(10)15(19)18-12-4-2-1-3-11(12)17/h1-4,7-8H,5-6H2,(H,18,19). The molecule has 1 heterocycles. The van der Waals surface area contributed by atoms with Crippen LogP contribution in [0.1, 0.15) is 10.4 Å². The first-order chi connectivity index (χ1) is 10.1. The first-order valence-corrected chi connectivity index (χ1v) is 6.68. The van der Waals surface area contributed by atoms with E-state index in [9.17, 15) is 9.18 Å². The Labute approximate surface area is 125 Å². The number of fused-ring (bicyclic) bond motifs is 1. The molecule has 3 rings (SSSR count). The zero-order valence-electron chi connectivity index (χ0n) is 10.9. The molecule has 108 valence electrons. The number of rotatable bonds is 2. The molecule has 1 aliphatic heterocycles. The SMILES string of the molecule is O=C(Nc1ccccc1F)c1cc2c(cc1Cl)OCCO2. The van der Waals surface area contributed by atoms with Crippen LogP contribution in [0.4, 0.5) is 10.1 Å². The number of para-hydroxylation sites is 1. The number of ether oxygens (including phenoxy) is 2. The van der Waals surface area contributed by atoms with Gasteiger partial charge in [0.2, 0.25) is 0 Å². The minimum Gasteiger partial charge on any atom is -0.486 e. The highest BCUT2D eigenvalue weighted by Gasteiger charge is 2.19. The minimum absolute atomic E-state index is 0.0912. The van der Waals surface area contributed by atoms with E-state index in [4.69, 9.17) is 21.1 Å². The van der Waals surface area contributed by atoms with Gasteiger partial charge in [-0.1, -0.05) is 23.7 Å². The summed E-state index contributed by atoms with van der Waals surface area (Å²) in [6.07, 6.45) is 0. The summed E-state index contributed by atoms with van der Waals surface area (Å²) >= 11 is 6.07. The Kier molecular flexibility index (Phi) is 3.66. The first-order valence-electron chi connectivity index (χ1n) is 6.30. The molecule has 21 heavy (non-hydrogen) atoms. The number of carbonyl (C=O) groups is 1. The van der Waals surface area contributed by atoms with Crippen molar-refractivity contribution >= 4 is 23.2 Å². The molecule has 0 radical (unpaired) electrons. The average Bonchev–Trinajstić information content (AvgIpc) is 2.49. The fraction of sp³-hybridized carbons (Fsp3) is 0.133. The lowest BCUT2D eigenvalue weighted by molar-refractivity contribution is 0.102. The number of carbonyl (C=O) groups excluding carboxylic acids is 1. The number of nitrogens with one attached hydrogen (secondary N) is 1. The molecule has 0 fully saturated rings. The van der Waals surface area contributed by atoms with Gasteiger partial charge in [0.25, 0.3) is 5.91 Å². The van der Waals surface area contributed by atoms with Crippen LogP contribution in [0.25, 0.3) is 0 Å². The molecule has 0 unspecified atom stereocenters. The fourth-order valence-corrected chi connectivity index (χ4v) is 2.23. The molecule has 6 heteroatoms. The molecule has 0 saturated carbocycles. The Balaban J connectivity index is 1.89. The maximum absolute atomic E-state index is 13.5. The van der Waals surface area contributed by atoms with Crippen LogP contribution >= 0.6 is 11.6 Å². The zero-order valence-corrected chi connectivity index (χ0v) is 11.6. The van der Waals surface area contributed by atoms with Crippen LogP contribution in [0.15, 0.2) is 36.4 Å². The number of hydrogen-bond acceptors (Lipinski definition) is 3. The Bertz CT molecular complexity index is 705. The lowest BCUT2D eigenvalue weighted by atomic mass is 10.1. The van der Waals surface area contributed by atoms with Crippen molar-refractivity contribution < 1.29 is 18.7 Å². The summed E-state index contributed by atoms with van der Waals surface area (Å²) in [6.45, 7) is 0.840. The van der Waals surface area contributed by atoms with Gasteiger partial charge >= 0.3 is 0 Å². The second kappa shape index (κ2) is 5.61. The quantitative estimate of drug-likeness (QED) is 0.923. The van der Waals surface area contributed by atoms with Gasteiger partial charge in [-0.05, 0) is 18.2 Å². The average molecular weight is 308 g/mol. The first kappa shape index (κ1) is 13.7. The van der Waals surface area contributed by atoms with Gasteiger partial charge in [0.05, 0.1) is 16.3 Å². The molecule has 0 spiro atoms. The van der Waals surface area contributed by atoms with Gasteiger partial charge in [0.1, 0.15) is 19.0 Å². The van der Waals surface area contributed by atoms with E-state index in [0.717, 1.165) is 0 Å². The Morgan fingerprint density at radius 1 is 1.14 bits per heavy atom. The second-order valence-corrected chi connectivity index (χ2v) is 4.82. The molecule has 4 nitrogen and oxygen atoms in total. The monoisotopic (exact) mass is 307 g/mol. The maximum atomic E-state index is 13.5. The smallest absolute Gasteiger partial charge is 0.257 e. The normalized spacial score (nSPS) is 12.9. The highest BCUT2D eigenvalue weighted by atomic mass is 35.5. The highest BCUT2D eigenvalue weighted by molar-refractivity contribution is 6.34. The van der Waals surface area contributed by atoms with E-state index >= 15 is 0 Å². The molecule has 0 aromatic heterocycles. The second-order valence-electron chi connectivity index (χ2n) is 4.41. The molecule has 0 bridgehead atoms. The predicted octanol–water partition coefficient (Wildman–Crippen LogP) is 3.50. The molecular formula is C15H11ClFNO3. The van der Waals surface area contributed by atoms with Gasteiger partial charge < -0.3 is 14.8 Å². The van der Waals surface area contributed by atoms with Gasteiger partial charge in [0.15, 0.2) is 11.5 Å². The van der Waals surface area contributed by atoms with Crippen LogP contribution in [-0.4, -0.2) is 19.1 Å². The minimum atomic E-state index is -0.514. The van der Waals surface area contributed by atoms with Crippen molar-refractivity contribution in [3.05, 3.63) is 52.8 Å². The molecule has 1 amide bonds. The van der Waals surface area contributed by atoms with Crippen molar-refractivity contribution in [3.63, 3.8) is 0 Å². The van der Waals surface area contributed by atoms with E-state index in [1.165, 1.54) is 24.3 Å². The molecule has 1 N–H and O–H groups in total. The van der Waals surface area contributed by atoms with Crippen molar-refractivity contribution in [3.8, 4) is 11.5 Å². The summed E-state index contributed by atoms with van der Waals surface area (Å²) in [4.78, 5) is 12.2. The van der Waals surface area contributed by atoms with Crippen LogP contribution in [0, 0.1) is 5.82 Å². The van der Waals surface area contributed by atoms with Gasteiger partial charge in [-0.15, -0.1) is 0 Å². The van der Waals surface area contributed by atoms with Gasteiger partial charge in [-0.25, -0.2) is 4.39 Å². The maximum Gasteiger partial charge on any atom is 0.257 e. The van der Waals surface area contributed by atoms with Crippen molar-refractivity contribution in [2.24, 2.45) is 0 Å². The number of anilines is 1. The van der Waals surface area contributed by atoms with E-state index in [-0.39, 0.29) is 16.3 Å². The van der Waals surface area contributed by atoms with Crippen LogP contribution in [0.2, 0.25) is 5.02 Å². The Morgan fingerprint density at radius 3 is 2.52 bits per heavy atom. The van der Waals surface area contributed by atoms with Gasteiger partial charge in [-0.3, -0.25) is 4.79 Å². The Hall–Kier alpha value is -2.27. The third kappa shape index (κ3) is 2.78. The summed E-state index contributed by atoms with van der Waals surface area (Å²) in [7, 11) is 0. The predicted molar refractivity (Wildman–Crippen MR) is 76.8 cm³/mol. The number of amides is 1. The lowest BCUT2D eigenvalue weighted by Crippen LogP contribution is -2.18. The van der Waals surface area contributed by atoms with E-state index < -0.39 is 11.7 Å². The summed E-state index contributed by atoms with van der Waals surface area (Å²) in [5, 5.41) is 2.70. The fourth-order valence-electron chi connectivity index (χ4n) is 1.99. The van der Waals surface area contributed by atoms with Crippen molar-refractivity contribution in [1.29, 1.82) is 0 Å². The van der Waals surface area contributed by atoms with Crippen LogP contribution in [-0.2, 0) is 0 Å². The molecule has 1 aliphatic rings. The molecule has 0 atom stereocenters. The van der Waals surface area contributed by atoms with Crippen molar-refractivity contribution in [2.75, 3.05) is 18.5 Å². The van der Waals surface area contributed by atoms with E-state index in [1.807, 2.05) is 0 Å². The van der Waals surface area contributed by atoms with Crippen LogP contribution in [0.5, 0.6) is 11.5 Å². The Morgan fingerprint density at radius 2 is 1.81 bits per heavy atom. The molecule has 0 aliphatic carbocycles. The highest BCUT2D eigenvalue weighted by Crippen LogP contribution is 2.35. The molecule has 0 saturated heterocycles. The molecule has 2 aromatic carbocycles. The summed E-state index contributed by atoms with van der Waals surface area (Å²) in [5.41, 5.74) is 0.289. The topological polar surface area (TPSA) is 47.6 Å². The van der Waals surface area contributed by atoms with Crippen LogP contribution in [0.3, 0.4) is 0 Å². The molecule has 2 aromatic rings. The third-order valence-corrected chi connectivity index (χ3v) is 3.31. The van der Waals surface area contributed by atoms with Crippen molar-refractivity contribution in [2.45, 2.75) is 0 Å². The number of hydrogen-bond donors (Lipinski definition) is 1. The van der Waals surface area contributed by atoms with Crippen LogP contribution < -0.4 is 14.8 Å². The van der Waals surface area contributed by atoms with E-state index in [1.54, 1.807) is 12.1 Å². The number of halogens is 2. The van der Waals surface area contributed by atoms with E-state index in [0.29, 0.717) is 24.7 Å².